The largest absolute Gasteiger partial charge is 0.303 e. The Morgan fingerprint density at radius 2 is 2.06 bits per heavy atom. The number of Topliss-reactive ketones (excluding diaryl/α,β-unsaturated/α-hetero) is 1. The summed E-state index contributed by atoms with van der Waals surface area (Å²) in [6.45, 7) is 11.1. The number of nitrogens with zero attached hydrogens (tertiary/aromatic N) is 1. The fraction of sp³-hybridized carbons (Fsp3) is 0.786. The van der Waals surface area contributed by atoms with E-state index < -0.39 is 0 Å². The molecule has 1 rings (SSSR count). The van der Waals surface area contributed by atoms with E-state index in [1.165, 1.54) is 6.42 Å². The van der Waals surface area contributed by atoms with Crippen molar-refractivity contribution in [2.75, 3.05) is 19.6 Å². The van der Waals surface area contributed by atoms with Crippen LogP contribution in [-0.4, -0.2) is 30.3 Å². The molecule has 0 aromatic heterocycles. The van der Waals surface area contributed by atoms with Gasteiger partial charge in [-0.25, -0.2) is 0 Å². The standard InChI is InChI=1S/C14H25NO/c1-4-10-14(12-15(5-2)6-3)11-8-7-9-13(14)16/h4H,1,5-12H2,2-3H3. The van der Waals surface area contributed by atoms with Gasteiger partial charge in [0.15, 0.2) is 0 Å². The molecule has 92 valence electrons. The van der Waals surface area contributed by atoms with E-state index in [-0.39, 0.29) is 5.41 Å². The maximum absolute atomic E-state index is 12.2. The second-order valence-corrected chi connectivity index (χ2v) is 4.86. The number of ketones is 1. The number of carbonyl (C=O) groups is 1. The summed E-state index contributed by atoms with van der Waals surface area (Å²) in [4.78, 5) is 14.6. The first-order valence-electron chi connectivity index (χ1n) is 6.55. The van der Waals surface area contributed by atoms with Gasteiger partial charge in [-0.1, -0.05) is 26.3 Å². The molecule has 1 aliphatic rings. The molecule has 0 aliphatic heterocycles. The molecule has 0 aromatic carbocycles. The Morgan fingerprint density at radius 1 is 1.38 bits per heavy atom. The number of allylic oxidation sites excluding steroid dienone is 1. The van der Waals surface area contributed by atoms with Crippen molar-refractivity contribution in [2.24, 2.45) is 5.41 Å². The number of hydrogen-bond acceptors (Lipinski definition) is 2. The molecule has 16 heavy (non-hydrogen) atoms. The highest BCUT2D eigenvalue weighted by molar-refractivity contribution is 5.86. The van der Waals surface area contributed by atoms with Gasteiger partial charge >= 0.3 is 0 Å². The Balaban J connectivity index is 2.77. The van der Waals surface area contributed by atoms with Gasteiger partial charge in [0.2, 0.25) is 0 Å². The molecule has 1 aliphatic carbocycles. The van der Waals surface area contributed by atoms with Crippen LogP contribution in [0, 0.1) is 5.41 Å². The van der Waals surface area contributed by atoms with Crippen LogP contribution in [0.25, 0.3) is 0 Å². The van der Waals surface area contributed by atoms with Gasteiger partial charge in [-0.2, -0.15) is 0 Å². The minimum Gasteiger partial charge on any atom is -0.303 e. The van der Waals surface area contributed by atoms with Crippen molar-refractivity contribution >= 4 is 5.78 Å². The van der Waals surface area contributed by atoms with Gasteiger partial charge in [-0.05, 0) is 32.4 Å². The molecule has 2 heteroatoms. The summed E-state index contributed by atoms with van der Waals surface area (Å²) >= 11 is 0. The minimum atomic E-state index is -0.119. The lowest BCUT2D eigenvalue weighted by atomic mass is 9.70. The predicted octanol–water partition coefficient (Wildman–Crippen LogP) is 3.03. The Bertz CT molecular complexity index is 245. The minimum absolute atomic E-state index is 0.119. The summed E-state index contributed by atoms with van der Waals surface area (Å²) in [5.74, 6) is 0.463. The highest BCUT2D eigenvalue weighted by Crippen LogP contribution is 2.37. The summed E-state index contributed by atoms with van der Waals surface area (Å²) in [5, 5.41) is 0. The first-order valence-corrected chi connectivity index (χ1v) is 6.55. The maximum Gasteiger partial charge on any atom is 0.140 e. The second-order valence-electron chi connectivity index (χ2n) is 4.86. The van der Waals surface area contributed by atoms with Crippen molar-refractivity contribution in [1.29, 1.82) is 0 Å². The smallest absolute Gasteiger partial charge is 0.140 e. The molecule has 0 saturated heterocycles. The Kier molecular flexibility index (Phi) is 5.20. The number of hydrogen-bond donors (Lipinski definition) is 0. The molecule has 0 heterocycles. The van der Waals surface area contributed by atoms with Crippen molar-refractivity contribution in [2.45, 2.75) is 46.0 Å². The van der Waals surface area contributed by atoms with Crippen LogP contribution in [0.2, 0.25) is 0 Å². The van der Waals surface area contributed by atoms with E-state index in [0.29, 0.717) is 5.78 Å². The predicted molar refractivity (Wildman–Crippen MR) is 68.5 cm³/mol. The first kappa shape index (κ1) is 13.4. The van der Waals surface area contributed by atoms with Crippen molar-refractivity contribution in [3.8, 4) is 0 Å². The summed E-state index contributed by atoms with van der Waals surface area (Å²) in [6, 6.07) is 0. The molecule has 0 bridgehead atoms. The van der Waals surface area contributed by atoms with Gasteiger partial charge in [0.05, 0.1) is 0 Å². The number of rotatable bonds is 6. The number of carbonyl (C=O) groups excluding carboxylic acids is 1. The molecule has 2 nitrogen and oxygen atoms in total. The molecule has 0 N–H and O–H groups in total. The third-order valence-electron chi connectivity index (χ3n) is 3.86. The van der Waals surface area contributed by atoms with Gasteiger partial charge < -0.3 is 4.90 Å². The van der Waals surface area contributed by atoms with E-state index in [2.05, 4.69) is 25.3 Å². The molecular weight excluding hydrogens is 198 g/mol. The van der Waals surface area contributed by atoms with E-state index in [0.717, 1.165) is 45.3 Å². The monoisotopic (exact) mass is 223 g/mol. The van der Waals surface area contributed by atoms with Crippen molar-refractivity contribution in [3.05, 3.63) is 12.7 Å². The highest BCUT2D eigenvalue weighted by Gasteiger charge is 2.39. The quantitative estimate of drug-likeness (QED) is 0.645. The van der Waals surface area contributed by atoms with Crippen LogP contribution in [0.5, 0.6) is 0 Å². The molecule has 1 unspecified atom stereocenters. The molecule has 0 radical (unpaired) electrons. The maximum atomic E-state index is 12.2. The molecule has 1 fully saturated rings. The molecule has 1 saturated carbocycles. The third-order valence-corrected chi connectivity index (χ3v) is 3.86. The topological polar surface area (TPSA) is 20.3 Å². The van der Waals surface area contributed by atoms with E-state index in [4.69, 9.17) is 0 Å². The van der Waals surface area contributed by atoms with Crippen LogP contribution in [0.3, 0.4) is 0 Å². The van der Waals surface area contributed by atoms with E-state index >= 15 is 0 Å². The molecule has 1 atom stereocenters. The van der Waals surface area contributed by atoms with Gasteiger partial charge in [-0.15, -0.1) is 6.58 Å². The lowest BCUT2D eigenvalue weighted by Crippen LogP contribution is -2.44. The molecular formula is C14H25NO. The summed E-state index contributed by atoms with van der Waals surface area (Å²) in [7, 11) is 0. The van der Waals surface area contributed by atoms with Crippen molar-refractivity contribution < 1.29 is 4.79 Å². The Labute approximate surface area is 99.7 Å². The van der Waals surface area contributed by atoms with Crippen molar-refractivity contribution in [1.82, 2.24) is 4.90 Å². The zero-order valence-electron chi connectivity index (χ0n) is 10.8. The zero-order valence-corrected chi connectivity index (χ0v) is 10.8. The summed E-state index contributed by atoms with van der Waals surface area (Å²) in [5.41, 5.74) is -0.119. The van der Waals surface area contributed by atoms with E-state index in [9.17, 15) is 4.79 Å². The van der Waals surface area contributed by atoms with Gasteiger partial charge in [0.25, 0.3) is 0 Å². The fourth-order valence-electron chi connectivity index (χ4n) is 2.75. The van der Waals surface area contributed by atoms with Crippen molar-refractivity contribution in [3.63, 3.8) is 0 Å². The van der Waals surface area contributed by atoms with Gasteiger partial charge in [0, 0.05) is 18.4 Å². The zero-order chi connectivity index (χ0) is 12.0. The third kappa shape index (κ3) is 2.94. The first-order chi connectivity index (χ1) is 7.68. The van der Waals surface area contributed by atoms with Crippen LogP contribution in [-0.2, 0) is 4.79 Å². The van der Waals surface area contributed by atoms with Crippen LogP contribution >= 0.6 is 0 Å². The van der Waals surface area contributed by atoms with Crippen LogP contribution in [0.15, 0.2) is 12.7 Å². The second kappa shape index (κ2) is 6.19. The van der Waals surface area contributed by atoms with Gasteiger partial charge in [0.1, 0.15) is 5.78 Å². The molecule has 0 amide bonds. The Hall–Kier alpha value is -0.630. The summed E-state index contributed by atoms with van der Waals surface area (Å²) in [6.07, 6.45) is 6.87. The SMILES string of the molecule is C=CCC1(CN(CC)CC)CCCCC1=O. The fourth-order valence-corrected chi connectivity index (χ4v) is 2.75. The molecule has 0 spiro atoms. The van der Waals surface area contributed by atoms with Gasteiger partial charge in [-0.3, -0.25) is 4.79 Å². The normalized spacial score (nSPS) is 26.1. The summed E-state index contributed by atoms with van der Waals surface area (Å²) < 4.78 is 0. The average molecular weight is 223 g/mol. The van der Waals surface area contributed by atoms with E-state index in [1.54, 1.807) is 0 Å². The van der Waals surface area contributed by atoms with Crippen LogP contribution in [0.4, 0.5) is 0 Å². The van der Waals surface area contributed by atoms with E-state index in [1.807, 2.05) is 6.08 Å². The lowest BCUT2D eigenvalue weighted by molar-refractivity contribution is -0.132. The van der Waals surface area contributed by atoms with Crippen LogP contribution < -0.4 is 0 Å². The van der Waals surface area contributed by atoms with Crippen LogP contribution in [0.1, 0.15) is 46.0 Å². The molecule has 0 aromatic rings. The average Bonchev–Trinajstić information content (AvgIpc) is 2.30. The lowest BCUT2D eigenvalue weighted by Gasteiger charge is -2.38. The highest BCUT2D eigenvalue weighted by atomic mass is 16.1. The Morgan fingerprint density at radius 3 is 2.56 bits per heavy atom.